The van der Waals surface area contributed by atoms with Gasteiger partial charge in [0.2, 0.25) is 0 Å². The molecule has 0 saturated heterocycles. The highest BCUT2D eigenvalue weighted by Crippen LogP contribution is 1.98. The topological polar surface area (TPSA) is 32.7 Å². The molecule has 0 amide bonds. The largest absolute Gasteiger partial charge is 0.374 e. The first-order valence-corrected chi connectivity index (χ1v) is 2.94. The predicted octanol–water partition coefficient (Wildman–Crippen LogP) is 0.679. The van der Waals surface area contributed by atoms with Crippen LogP contribution in [0.2, 0.25) is 0 Å². The minimum atomic E-state index is -0.00241. The average molecular weight is 140 g/mol. The van der Waals surface area contributed by atoms with Crippen molar-refractivity contribution in [2.45, 2.75) is 6.92 Å². The van der Waals surface area contributed by atoms with Crippen LogP contribution in [0, 0.1) is 0 Å². The van der Waals surface area contributed by atoms with Gasteiger partial charge in [-0.05, 0) is 6.72 Å². The third-order valence-corrected chi connectivity index (χ3v) is 1.06. The molecule has 0 radical (unpaired) electrons. The van der Waals surface area contributed by atoms with Crippen molar-refractivity contribution in [2.75, 3.05) is 14.1 Å². The summed E-state index contributed by atoms with van der Waals surface area (Å²) in [6.45, 7) is 4.76. The summed E-state index contributed by atoms with van der Waals surface area (Å²) in [5.41, 5.74) is 0.565. The van der Waals surface area contributed by atoms with Gasteiger partial charge in [-0.3, -0.25) is 9.79 Å². The van der Waals surface area contributed by atoms with Gasteiger partial charge in [-0.25, -0.2) is 0 Å². The lowest BCUT2D eigenvalue weighted by atomic mass is 10.3. The van der Waals surface area contributed by atoms with E-state index < -0.39 is 0 Å². The fourth-order valence-corrected chi connectivity index (χ4v) is 0.608. The molecule has 0 aliphatic carbocycles. The average Bonchev–Trinajstić information content (AvgIpc) is 1.81. The zero-order valence-electron chi connectivity index (χ0n) is 6.59. The molecule has 10 heavy (non-hydrogen) atoms. The Balaban J connectivity index is 4.41. The molecule has 56 valence electrons. The number of hydrogen-bond acceptors (Lipinski definition) is 3. The van der Waals surface area contributed by atoms with E-state index in [0.29, 0.717) is 5.70 Å². The fraction of sp³-hybridized carbons (Fsp3) is 0.429. The van der Waals surface area contributed by atoms with Gasteiger partial charge in [-0.1, -0.05) is 0 Å². The fourth-order valence-electron chi connectivity index (χ4n) is 0.608. The maximum Gasteiger partial charge on any atom is 0.177 e. The number of allylic oxidation sites excluding steroid dienone is 1. The van der Waals surface area contributed by atoms with E-state index in [1.54, 1.807) is 19.0 Å². The minimum absolute atomic E-state index is 0.00241. The van der Waals surface area contributed by atoms with E-state index in [2.05, 4.69) is 11.7 Å². The summed E-state index contributed by atoms with van der Waals surface area (Å²) in [4.78, 5) is 16.0. The van der Waals surface area contributed by atoms with Crippen LogP contribution in [-0.2, 0) is 4.79 Å². The van der Waals surface area contributed by atoms with Gasteiger partial charge < -0.3 is 4.90 Å². The van der Waals surface area contributed by atoms with Gasteiger partial charge in [0.05, 0.1) is 11.9 Å². The Bertz CT molecular complexity index is 170. The number of hydrogen-bond donors (Lipinski definition) is 0. The highest BCUT2D eigenvalue weighted by molar-refractivity contribution is 5.92. The van der Waals surface area contributed by atoms with E-state index >= 15 is 0 Å². The molecule has 3 heteroatoms. The van der Waals surface area contributed by atoms with Crippen LogP contribution in [0.5, 0.6) is 0 Å². The molecular weight excluding hydrogens is 128 g/mol. The summed E-state index contributed by atoms with van der Waals surface area (Å²) in [5, 5.41) is 0. The summed E-state index contributed by atoms with van der Waals surface area (Å²) in [6.07, 6.45) is 1.45. The van der Waals surface area contributed by atoms with Crippen molar-refractivity contribution in [2.24, 2.45) is 4.99 Å². The second-order valence-electron chi connectivity index (χ2n) is 2.15. The first-order valence-electron chi connectivity index (χ1n) is 2.94. The van der Waals surface area contributed by atoms with Gasteiger partial charge >= 0.3 is 0 Å². The third-order valence-electron chi connectivity index (χ3n) is 1.06. The molecule has 0 heterocycles. The van der Waals surface area contributed by atoms with Crippen LogP contribution in [0.15, 0.2) is 16.9 Å². The summed E-state index contributed by atoms with van der Waals surface area (Å²) in [7, 11) is 3.58. The van der Waals surface area contributed by atoms with Crippen molar-refractivity contribution in [3.63, 3.8) is 0 Å². The van der Waals surface area contributed by atoms with Crippen molar-refractivity contribution in [3.05, 3.63) is 11.9 Å². The monoisotopic (exact) mass is 140 g/mol. The maximum absolute atomic E-state index is 10.8. The number of likely N-dealkylation sites (N-methyl/N-ethyl adjacent to an activating group) is 1. The quantitative estimate of drug-likeness (QED) is 0.426. The van der Waals surface area contributed by atoms with Crippen molar-refractivity contribution < 1.29 is 4.79 Å². The van der Waals surface area contributed by atoms with Crippen molar-refractivity contribution in [1.82, 2.24) is 4.90 Å². The lowest BCUT2D eigenvalue weighted by Crippen LogP contribution is -2.16. The summed E-state index contributed by atoms with van der Waals surface area (Å²) >= 11 is 0. The molecule has 0 atom stereocenters. The molecule has 0 bridgehead atoms. The van der Waals surface area contributed by atoms with Crippen LogP contribution in [-0.4, -0.2) is 31.5 Å². The number of ketones is 1. The molecule has 3 nitrogen and oxygen atoms in total. The number of carbonyl (C=O) groups excluding carboxylic acids is 1. The molecular formula is C7H12N2O. The molecule has 0 unspecified atom stereocenters. The van der Waals surface area contributed by atoms with Gasteiger partial charge in [0.15, 0.2) is 5.78 Å². The van der Waals surface area contributed by atoms with Crippen molar-refractivity contribution in [1.29, 1.82) is 0 Å². The van der Waals surface area contributed by atoms with E-state index in [4.69, 9.17) is 0 Å². The summed E-state index contributed by atoms with van der Waals surface area (Å²) < 4.78 is 0. The Morgan fingerprint density at radius 1 is 1.60 bits per heavy atom. The van der Waals surface area contributed by atoms with E-state index in [-0.39, 0.29) is 5.78 Å². The number of nitrogens with zero attached hydrogens (tertiary/aromatic N) is 2. The predicted molar refractivity (Wildman–Crippen MR) is 42.0 cm³/mol. The van der Waals surface area contributed by atoms with Crippen LogP contribution in [0.4, 0.5) is 0 Å². The zero-order chi connectivity index (χ0) is 8.15. The van der Waals surface area contributed by atoms with Crippen LogP contribution in [0.25, 0.3) is 0 Å². The highest BCUT2D eigenvalue weighted by Gasteiger charge is 2.03. The number of Topliss-reactive ketones (excluding diaryl/α,β-unsaturated/α-hetero) is 1. The zero-order valence-corrected chi connectivity index (χ0v) is 6.59. The number of rotatable bonds is 3. The maximum atomic E-state index is 10.8. The molecule has 0 spiro atoms. The Morgan fingerprint density at radius 3 is 2.20 bits per heavy atom. The Hall–Kier alpha value is -1.12. The minimum Gasteiger partial charge on any atom is -0.374 e. The van der Waals surface area contributed by atoms with E-state index in [1.807, 2.05) is 0 Å². The highest BCUT2D eigenvalue weighted by atomic mass is 16.1. The second kappa shape index (κ2) is 3.82. The molecule has 0 aliphatic heterocycles. The smallest absolute Gasteiger partial charge is 0.177 e. The molecule has 0 rings (SSSR count). The molecule has 0 aromatic rings. The molecule has 0 fully saturated rings. The Kier molecular flexibility index (Phi) is 3.39. The van der Waals surface area contributed by atoms with Crippen LogP contribution in [0.1, 0.15) is 6.92 Å². The first kappa shape index (κ1) is 8.88. The Morgan fingerprint density at radius 2 is 2.10 bits per heavy atom. The van der Waals surface area contributed by atoms with Gasteiger partial charge in [-0.2, -0.15) is 0 Å². The van der Waals surface area contributed by atoms with Gasteiger partial charge in [-0.15, -0.1) is 0 Å². The normalized spacial score (nSPS) is 10.9. The van der Waals surface area contributed by atoms with Gasteiger partial charge in [0.1, 0.15) is 0 Å². The van der Waals surface area contributed by atoms with Gasteiger partial charge in [0, 0.05) is 21.0 Å². The SMILES string of the molecule is C=N/C=C(/C(C)=O)N(C)C. The lowest BCUT2D eigenvalue weighted by molar-refractivity contribution is -0.114. The Labute approximate surface area is 61.1 Å². The van der Waals surface area contributed by atoms with Crippen LogP contribution < -0.4 is 0 Å². The second-order valence-corrected chi connectivity index (χ2v) is 2.15. The van der Waals surface area contributed by atoms with E-state index in [1.165, 1.54) is 13.1 Å². The number of aliphatic imine (C=N–C) groups is 1. The molecule has 0 aromatic carbocycles. The first-order chi connectivity index (χ1) is 4.59. The third kappa shape index (κ3) is 2.44. The van der Waals surface area contributed by atoms with E-state index in [9.17, 15) is 4.79 Å². The van der Waals surface area contributed by atoms with Gasteiger partial charge in [0.25, 0.3) is 0 Å². The molecule has 0 saturated carbocycles. The summed E-state index contributed by atoms with van der Waals surface area (Å²) in [6, 6.07) is 0. The van der Waals surface area contributed by atoms with Crippen molar-refractivity contribution in [3.8, 4) is 0 Å². The number of carbonyl (C=O) groups is 1. The van der Waals surface area contributed by atoms with Crippen molar-refractivity contribution >= 4 is 12.5 Å². The van der Waals surface area contributed by atoms with E-state index in [0.717, 1.165) is 0 Å². The summed E-state index contributed by atoms with van der Waals surface area (Å²) in [5.74, 6) is -0.00241. The molecule has 0 aromatic heterocycles. The lowest BCUT2D eigenvalue weighted by Gasteiger charge is -2.12. The van der Waals surface area contributed by atoms with Crippen LogP contribution >= 0.6 is 0 Å². The standard InChI is InChI=1S/C7H12N2O/c1-6(10)7(5-8-2)9(3)4/h5H,2H2,1,3-4H3/b7-5-. The van der Waals surface area contributed by atoms with Crippen LogP contribution in [0.3, 0.4) is 0 Å². The molecule has 0 aliphatic rings. The molecule has 0 N–H and O–H groups in total.